The van der Waals surface area contributed by atoms with Crippen LogP contribution in [0.25, 0.3) is 0 Å². The predicted molar refractivity (Wildman–Crippen MR) is 52.6 cm³/mol. The molecule has 0 saturated heterocycles. The lowest BCUT2D eigenvalue weighted by Gasteiger charge is -2.08. The minimum atomic E-state index is 0.121. The van der Waals surface area contributed by atoms with Crippen LogP contribution in [0.2, 0.25) is 0 Å². The number of hydrogen-bond donors (Lipinski definition) is 3. The first-order valence-electron chi connectivity index (χ1n) is 4.31. The lowest BCUT2D eigenvalue weighted by atomic mass is 10.2. The van der Waals surface area contributed by atoms with E-state index < -0.39 is 0 Å². The summed E-state index contributed by atoms with van der Waals surface area (Å²) < 4.78 is 0. The van der Waals surface area contributed by atoms with Gasteiger partial charge in [-0.2, -0.15) is 0 Å². The zero-order chi connectivity index (χ0) is 9.52. The van der Waals surface area contributed by atoms with Crippen molar-refractivity contribution >= 4 is 5.82 Å². The molecule has 72 valence electrons. The van der Waals surface area contributed by atoms with Crippen LogP contribution in [0.15, 0.2) is 18.3 Å². The number of rotatable bonds is 5. The van der Waals surface area contributed by atoms with Crippen LogP contribution in [0.3, 0.4) is 0 Å². The van der Waals surface area contributed by atoms with Crippen molar-refractivity contribution in [1.82, 2.24) is 10.3 Å². The minimum Gasteiger partial charge on any atom is -0.395 e. The van der Waals surface area contributed by atoms with E-state index in [4.69, 9.17) is 5.11 Å². The molecule has 0 bridgehead atoms. The Kier molecular flexibility index (Phi) is 4.21. The van der Waals surface area contributed by atoms with Gasteiger partial charge in [-0.3, -0.25) is 0 Å². The van der Waals surface area contributed by atoms with Gasteiger partial charge in [-0.25, -0.2) is 4.98 Å². The Labute approximate surface area is 78.0 Å². The summed E-state index contributed by atoms with van der Waals surface area (Å²) >= 11 is 0. The summed E-state index contributed by atoms with van der Waals surface area (Å²) in [7, 11) is 1.89. The Morgan fingerprint density at radius 2 is 2.38 bits per heavy atom. The van der Waals surface area contributed by atoms with Gasteiger partial charge in [-0.05, 0) is 13.1 Å². The Hall–Kier alpha value is -1.13. The van der Waals surface area contributed by atoms with Crippen molar-refractivity contribution in [2.24, 2.45) is 0 Å². The van der Waals surface area contributed by atoms with Gasteiger partial charge in [0.05, 0.1) is 6.61 Å². The number of anilines is 1. The average molecular weight is 181 g/mol. The molecule has 4 heteroatoms. The van der Waals surface area contributed by atoms with Gasteiger partial charge in [0.2, 0.25) is 0 Å². The lowest BCUT2D eigenvalue weighted by molar-refractivity contribution is 0.311. The molecular formula is C9H15N3O. The number of aliphatic hydroxyl groups is 1. The summed E-state index contributed by atoms with van der Waals surface area (Å²) in [5, 5.41) is 14.7. The van der Waals surface area contributed by atoms with Gasteiger partial charge in [0.1, 0.15) is 5.82 Å². The van der Waals surface area contributed by atoms with Gasteiger partial charge >= 0.3 is 0 Å². The normalized spacial score (nSPS) is 10.0. The molecule has 0 aromatic carbocycles. The van der Waals surface area contributed by atoms with E-state index in [2.05, 4.69) is 15.6 Å². The largest absolute Gasteiger partial charge is 0.395 e. The molecule has 0 aliphatic carbocycles. The Morgan fingerprint density at radius 3 is 3.08 bits per heavy atom. The third-order valence-corrected chi connectivity index (χ3v) is 1.66. The smallest absolute Gasteiger partial charge is 0.130 e. The molecule has 0 aliphatic heterocycles. The number of pyridine rings is 1. The minimum absolute atomic E-state index is 0.121. The van der Waals surface area contributed by atoms with Crippen LogP contribution in [0.4, 0.5) is 5.82 Å². The lowest BCUT2D eigenvalue weighted by Crippen LogP contribution is -2.12. The number of aliphatic hydroxyl groups excluding tert-OH is 1. The first-order chi connectivity index (χ1) is 6.38. The highest BCUT2D eigenvalue weighted by Crippen LogP contribution is 2.09. The van der Waals surface area contributed by atoms with E-state index in [1.165, 1.54) is 0 Å². The molecule has 0 radical (unpaired) electrons. The number of aromatic nitrogens is 1. The topological polar surface area (TPSA) is 57.2 Å². The van der Waals surface area contributed by atoms with Crippen molar-refractivity contribution in [2.45, 2.75) is 6.54 Å². The van der Waals surface area contributed by atoms with Gasteiger partial charge in [0.25, 0.3) is 0 Å². The van der Waals surface area contributed by atoms with Crippen LogP contribution < -0.4 is 10.6 Å². The fraction of sp³-hybridized carbons (Fsp3) is 0.444. The molecule has 0 spiro atoms. The Bertz CT molecular complexity index is 252. The molecule has 1 heterocycles. The molecule has 1 aromatic rings. The summed E-state index contributed by atoms with van der Waals surface area (Å²) in [4.78, 5) is 4.17. The molecular weight excluding hydrogens is 166 g/mol. The molecule has 4 nitrogen and oxygen atoms in total. The van der Waals surface area contributed by atoms with Gasteiger partial charge < -0.3 is 15.7 Å². The van der Waals surface area contributed by atoms with E-state index in [0.29, 0.717) is 6.54 Å². The second-order valence-electron chi connectivity index (χ2n) is 2.69. The molecule has 0 fully saturated rings. The Balaban J connectivity index is 2.66. The van der Waals surface area contributed by atoms with Crippen LogP contribution in [0.1, 0.15) is 5.56 Å². The average Bonchev–Trinajstić information content (AvgIpc) is 2.17. The molecule has 0 aliphatic rings. The van der Waals surface area contributed by atoms with Crippen molar-refractivity contribution in [2.75, 3.05) is 25.5 Å². The summed E-state index contributed by atoms with van der Waals surface area (Å²) in [6.07, 6.45) is 1.73. The summed E-state index contributed by atoms with van der Waals surface area (Å²) in [5.41, 5.74) is 1.11. The number of nitrogens with one attached hydrogen (secondary N) is 2. The van der Waals surface area contributed by atoms with Crippen molar-refractivity contribution in [3.63, 3.8) is 0 Å². The standard InChI is InChI=1S/C9H15N3O/c1-10-7-8-3-2-4-11-9(8)12-5-6-13/h2-4,10,13H,5-7H2,1H3,(H,11,12). The second-order valence-corrected chi connectivity index (χ2v) is 2.69. The number of nitrogens with zero attached hydrogens (tertiary/aromatic N) is 1. The quantitative estimate of drug-likeness (QED) is 0.607. The van der Waals surface area contributed by atoms with Gasteiger partial charge in [-0.15, -0.1) is 0 Å². The van der Waals surface area contributed by atoms with Gasteiger partial charge in [0.15, 0.2) is 0 Å². The molecule has 0 amide bonds. The highest BCUT2D eigenvalue weighted by atomic mass is 16.3. The molecule has 3 N–H and O–H groups in total. The van der Waals surface area contributed by atoms with Crippen molar-refractivity contribution in [3.05, 3.63) is 23.9 Å². The molecule has 1 rings (SSSR count). The maximum Gasteiger partial charge on any atom is 0.130 e. The van der Waals surface area contributed by atoms with E-state index in [0.717, 1.165) is 17.9 Å². The van der Waals surface area contributed by atoms with Crippen molar-refractivity contribution < 1.29 is 5.11 Å². The third-order valence-electron chi connectivity index (χ3n) is 1.66. The first-order valence-corrected chi connectivity index (χ1v) is 4.31. The summed E-state index contributed by atoms with van der Waals surface area (Å²) in [6.45, 7) is 1.44. The molecule has 0 saturated carbocycles. The highest BCUT2D eigenvalue weighted by molar-refractivity contribution is 5.43. The SMILES string of the molecule is CNCc1cccnc1NCCO. The molecule has 13 heavy (non-hydrogen) atoms. The van der Waals surface area contributed by atoms with Crippen LogP contribution in [-0.4, -0.2) is 30.3 Å². The first kappa shape index (κ1) is 9.95. The second kappa shape index (κ2) is 5.50. The van der Waals surface area contributed by atoms with E-state index in [9.17, 15) is 0 Å². The zero-order valence-corrected chi connectivity index (χ0v) is 7.75. The zero-order valence-electron chi connectivity index (χ0n) is 7.75. The monoisotopic (exact) mass is 181 g/mol. The van der Waals surface area contributed by atoms with Crippen LogP contribution in [-0.2, 0) is 6.54 Å². The maximum absolute atomic E-state index is 8.64. The predicted octanol–water partition coefficient (Wildman–Crippen LogP) is 0.205. The molecule has 0 atom stereocenters. The number of hydrogen-bond acceptors (Lipinski definition) is 4. The van der Waals surface area contributed by atoms with E-state index >= 15 is 0 Å². The van der Waals surface area contributed by atoms with Crippen LogP contribution >= 0.6 is 0 Å². The fourth-order valence-corrected chi connectivity index (χ4v) is 1.11. The van der Waals surface area contributed by atoms with Crippen molar-refractivity contribution in [1.29, 1.82) is 0 Å². The van der Waals surface area contributed by atoms with Crippen molar-refractivity contribution in [3.8, 4) is 0 Å². The fourth-order valence-electron chi connectivity index (χ4n) is 1.11. The van der Waals surface area contributed by atoms with Crippen LogP contribution in [0, 0.1) is 0 Å². The summed E-state index contributed by atoms with van der Waals surface area (Å²) in [6, 6.07) is 3.90. The van der Waals surface area contributed by atoms with Gasteiger partial charge in [-0.1, -0.05) is 6.07 Å². The van der Waals surface area contributed by atoms with E-state index in [1.54, 1.807) is 6.20 Å². The van der Waals surface area contributed by atoms with Gasteiger partial charge in [0, 0.05) is 24.8 Å². The molecule has 0 unspecified atom stereocenters. The summed E-state index contributed by atoms with van der Waals surface area (Å²) in [5.74, 6) is 0.839. The van der Waals surface area contributed by atoms with Crippen LogP contribution in [0.5, 0.6) is 0 Å². The van der Waals surface area contributed by atoms with E-state index in [-0.39, 0.29) is 6.61 Å². The maximum atomic E-state index is 8.64. The molecule has 1 aromatic heterocycles. The third kappa shape index (κ3) is 3.01. The highest BCUT2D eigenvalue weighted by Gasteiger charge is 1.99. The van der Waals surface area contributed by atoms with E-state index in [1.807, 2.05) is 19.2 Å². The Morgan fingerprint density at radius 1 is 1.54 bits per heavy atom.